The Morgan fingerprint density at radius 1 is 1.31 bits per heavy atom. The van der Waals surface area contributed by atoms with Crippen LogP contribution < -0.4 is 0 Å². The van der Waals surface area contributed by atoms with Crippen molar-refractivity contribution < 1.29 is 13.9 Å². The van der Waals surface area contributed by atoms with Crippen molar-refractivity contribution in [2.75, 3.05) is 0 Å². The Balaban J connectivity index is 2.90. The van der Waals surface area contributed by atoms with E-state index in [0.29, 0.717) is 11.9 Å². The molecule has 0 fully saturated rings. The molecule has 0 saturated heterocycles. The van der Waals surface area contributed by atoms with Gasteiger partial charge in [0.25, 0.3) is 5.92 Å². The van der Waals surface area contributed by atoms with Gasteiger partial charge < -0.3 is 5.11 Å². The van der Waals surface area contributed by atoms with E-state index in [1.807, 2.05) is 0 Å². The summed E-state index contributed by atoms with van der Waals surface area (Å²) < 4.78 is 25.2. The number of alkyl halides is 2. The van der Waals surface area contributed by atoms with Crippen molar-refractivity contribution >= 4 is 11.6 Å². The second-order valence-electron chi connectivity index (χ2n) is 2.91. The lowest BCUT2D eigenvalue weighted by atomic mass is 10.1. The van der Waals surface area contributed by atoms with Crippen LogP contribution in [-0.4, -0.2) is 11.0 Å². The first kappa shape index (κ1) is 10.4. The first-order chi connectivity index (χ1) is 5.91. The Morgan fingerprint density at radius 2 is 1.77 bits per heavy atom. The van der Waals surface area contributed by atoms with E-state index in [-0.39, 0.29) is 5.56 Å². The minimum absolute atomic E-state index is 0.164. The van der Waals surface area contributed by atoms with Gasteiger partial charge in [-0.25, -0.2) is 8.78 Å². The van der Waals surface area contributed by atoms with Gasteiger partial charge in [0, 0.05) is 11.9 Å². The maximum atomic E-state index is 12.6. The first-order valence-corrected chi connectivity index (χ1v) is 4.10. The topological polar surface area (TPSA) is 20.2 Å². The third-order valence-electron chi connectivity index (χ3n) is 1.67. The Labute approximate surface area is 80.0 Å². The van der Waals surface area contributed by atoms with Crippen LogP contribution in [-0.2, 0) is 0 Å². The number of hydrogen-bond acceptors (Lipinski definition) is 1. The molecule has 0 amide bonds. The van der Waals surface area contributed by atoms with Crippen LogP contribution in [0.15, 0.2) is 24.3 Å². The fraction of sp³-hybridized carbons (Fsp3) is 0.333. The molecule has 0 saturated carbocycles. The first-order valence-electron chi connectivity index (χ1n) is 3.72. The number of benzene rings is 1. The summed E-state index contributed by atoms with van der Waals surface area (Å²) in [5.41, 5.74) is 0.164. The molecule has 1 aromatic carbocycles. The van der Waals surface area contributed by atoms with E-state index < -0.39 is 12.0 Å². The van der Waals surface area contributed by atoms with Gasteiger partial charge in [-0.3, -0.25) is 0 Å². The van der Waals surface area contributed by atoms with Gasteiger partial charge in [-0.15, -0.1) is 0 Å². The summed E-state index contributed by atoms with van der Waals surface area (Å²) in [5, 5.41) is 9.61. The van der Waals surface area contributed by atoms with Crippen LogP contribution >= 0.6 is 11.6 Å². The van der Waals surface area contributed by atoms with E-state index in [2.05, 4.69) is 0 Å². The molecule has 0 aromatic heterocycles. The molecular weight excluding hydrogens is 198 g/mol. The van der Waals surface area contributed by atoms with E-state index in [4.69, 9.17) is 16.7 Å². The van der Waals surface area contributed by atoms with E-state index in [9.17, 15) is 8.78 Å². The summed E-state index contributed by atoms with van der Waals surface area (Å²) in [4.78, 5) is 0. The molecule has 13 heavy (non-hydrogen) atoms. The molecule has 1 atom stereocenters. The van der Waals surface area contributed by atoms with Crippen LogP contribution in [0.1, 0.15) is 18.6 Å². The van der Waals surface area contributed by atoms with Crippen molar-refractivity contribution in [1.29, 1.82) is 0 Å². The molecule has 0 aliphatic carbocycles. The average molecular weight is 207 g/mol. The molecule has 1 unspecified atom stereocenters. The molecule has 1 nitrogen and oxygen atoms in total. The van der Waals surface area contributed by atoms with Crippen molar-refractivity contribution in [1.82, 2.24) is 0 Å². The zero-order valence-corrected chi connectivity index (χ0v) is 7.72. The van der Waals surface area contributed by atoms with Crippen molar-refractivity contribution in [2.24, 2.45) is 0 Å². The number of aliphatic hydroxyl groups is 1. The normalized spacial score (nSPS) is 14.2. The molecule has 1 aromatic rings. The Morgan fingerprint density at radius 3 is 2.15 bits per heavy atom. The molecule has 0 aliphatic heterocycles. The third-order valence-corrected chi connectivity index (χ3v) is 1.92. The summed E-state index contributed by atoms with van der Waals surface area (Å²) in [7, 11) is 0. The maximum absolute atomic E-state index is 12.6. The lowest BCUT2D eigenvalue weighted by Gasteiger charge is -2.18. The third kappa shape index (κ3) is 2.64. The second kappa shape index (κ2) is 3.60. The van der Waals surface area contributed by atoms with Crippen molar-refractivity contribution in [3.05, 3.63) is 34.9 Å². The minimum Gasteiger partial charge on any atom is -0.382 e. The second-order valence-corrected chi connectivity index (χ2v) is 3.35. The highest BCUT2D eigenvalue weighted by molar-refractivity contribution is 6.30. The van der Waals surface area contributed by atoms with Crippen LogP contribution in [0.25, 0.3) is 0 Å². The zero-order chi connectivity index (χ0) is 10.1. The highest BCUT2D eigenvalue weighted by Gasteiger charge is 2.33. The lowest BCUT2D eigenvalue weighted by molar-refractivity contribution is -0.0954. The quantitative estimate of drug-likeness (QED) is 0.789. The van der Waals surface area contributed by atoms with Gasteiger partial charge in [0.1, 0.15) is 6.10 Å². The number of hydrogen-bond donors (Lipinski definition) is 1. The average Bonchev–Trinajstić information content (AvgIpc) is 2.03. The van der Waals surface area contributed by atoms with Gasteiger partial charge >= 0.3 is 0 Å². The molecule has 0 radical (unpaired) electrons. The molecule has 0 bridgehead atoms. The predicted molar refractivity (Wildman–Crippen MR) is 47.0 cm³/mol. The Hall–Kier alpha value is -0.670. The van der Waals surface area contributed by atoms with E-state index >= 15 is 0 Å². The lowest BCUT2D eigenvalue weighted by Crippen LogP contribution is -2.21. The number of halogens is 3. The number of rotatable bonds is 2. The van der Waals surface area contributed by atoms with Gasteiger partial charge in [-0.2, -0.15) is 0 Å². The van der Waals surface area contributed by atoms with Crippen molar-refractivity contribution in [2.45, 2.75) is 19.0 Å². The smallest absolute Gasteiger partial charge is 0.274 e. The fourth-order valence-electron chi connectivity index (χ4n) is 0.938. The molecule has 0 heterocycles. The van der Waals surface area contributed by atoms with Crippen molar-refractivity contribution in [3.8, 4) is 0 Å². The summed E-state index contributed by atoms with van der Waals surface area (Å²) in [6.07, 6.45) is -1.77. The predicted octanol–water partition coefficient (Wildman–Crippen LogP) is 3.03. The minimum atomic E-state index is -3.13. The summed E-state index contributed by atoms with van der Waals surface area (Å²) in [6, 6.07) is 5.69. The monoisotopic (exact) mass is 206 g/mol. The summed E-state index contributed by atoms with van der Waals surface area (Å²) in [6.45, 7) is 0.673. The van der Waals surface area contributed by atoms with Crippen LogP contribution in [0.5, 0.6) is 0 Å². The molecule has 72 valence electrons. The van der Waals surface area contributed by atoms with Gasteiger partial charge in [-0.1, -0.05) is 23.7 Å². The van der Waals surface area contributed by atoms with E-state index in [0.717, 1.165) is 0 Å². The largest absolute Gasteiger partial charge is 0.382 e. The fourth-order valence-corrected chi connectivity index (χ4v) is 1.06. The summed E-state index contributed by atoms with van der Waals surface area (Å²) >= 11 is 5.56. The summed E-state index contributed by atoms with van der Waals surface area (Å²) in [5.74, 6) is -3.13. The standard InChI is InChI=1S/C9H9ClF2O/c1-9(11,12)8(13)6-2-4-7(10)5-3-6/h2-5,8,13H,1H3. The van der Waals surface area contributed by atoms with Crippen LogP contribution in [0.2, 0.25) is 5.02 Å². The molecule has 1 N–H and O–H groups in total. The molecule has 1 rings (SSSR count). The van der Waals surface area contributed by atoms with Crippen LogP contribution in [0.3, 0.4) is 0 Å². The highest BCUT2D eigenvalue weighted by Crippen LogP contribution is 2.30. The molecule has 0 spiro atoms. The zero-order valence-electron chi connectivity index (χ0n) is 6.97. The van der Waals surface area contributed by atoms with Gasteiger partial charge in [0.05, 0.1) is 0 Å². The van der Waals surface area contributed by atoms with Gasteiger partial charge in [0.2, 0.25) is 0 Å². The highest BCUT2D eigenvalue weighted by atomic mass is 35.5. The Kier molecular flexibility index (Phi) is 2.88. The van der Waals surface area contributed by atoms with Gasteiger partial charge in [0.15, 0.2) is 0 Å². The van der Waals surface area contributed by atoms with Gasteiger partial charge in [-0.05, 0) is 17.7 Å². The Bertz CT molecular complexity index is 279. The van der Waals surface area contributed by atoms with Crippen molar-refractivity contribution in [3.63, 3.8) is 0 Å². The number of aliphatic hydroxyl groups excluding tert-OH is 1. The van der Waals surface area contributed by atoms with E-state index in [1.165, 1.54) is 24.3 Å². The maximum Gasteiger partial charge on any atom is 0.274 e. The molecular formula is C9H9ClF2O. The molecule has 0 aliphatic rings. The molecule has 4 heteroatoms. The van der Waals surface area contributed by atoms with Crippen LogP contribution in [0.4, 0.5) is 8.78 Å². The van der Waals surface area contributed by atoms with Crippen LogP contribution in [0, 0.1) is 0 Å². The van der Waals surface area contributed by atoms with E-state index in [1.54, 1.807) is 0 Å². The SMILES string of the molecule is CC(F)(F)C(O)c1ccc(Cl)cc1.